The van der Waals surface area contributed by atoms with E-state index < -0.39 is 15.6 Å². The van der Waals surface area contributed by atoms with Gasteiger partial charge in [-0.2, -0.15) is 15.1 Å². The lowest BCUT2D eigenvalue weighted by molar-refractivity contribution is 0.173. The summed E-state index contributed by atoms with van der Waals surface area (Å²) in [4.78, 5) is 2.34. The molecule has 0 saturated carbocycles. The summed E-state index contributed by atoms with van der Waals surface area (Å²) in [6.45, 7) is 4.61. The van der Waals surface area contributed by atoms with Gasteiger partial charge in [0.05, 0.1) is 12.3 Å². The van der Waals surface area contributed by atoms with Crippen molar-refractivity contribution in [3.63, 3.8) is 0 Å². The van der Waals surface area contributed by atoms with Crippen molar-refractivity contribution in [2.45, 2.75) is 43.3 Å². The third-order valence-corrected chi connectivity index (χ3v) is 6.24. The summed E-state index contributed by atoms with van der Waals surface area (Å²) in [5.74, 6) is 0. The van der Waals surface area contributed by atoms with Gasteiger partial charge in [-0.05, 0) is 25.3 Å². The van der Waals surface area contributed by atoms with Crippen LogP contribution in [0.2, 0.25) is 0 Å². The van der Waals surface area contributed by atoms with Crippen molar-refractivity contribution in [2.75, 3.05) is 13.1 Å². The first-order chi connectivity index (χ1) is 12.5. The topological polar surface area (TPSA) is 91.0 Å². The number of benzene rings is 1. The summed E-state index contributed by atoms with van der Waals surface area (Å²) in [5, 5.41) is 13.7. The fraction of sp³-hybridized carbons (Fsp3) is 0.444. The van der Waals surface area contributed by atoms with Crippen LogP contribution in [0.15, 0.2) is 47.6 Å². The molecule has 1 saturated heterocycles. The van der Waals surface area contributed by atoms with E-state index in [9.17, 15) is 13.7 Å². The first kappa shape index (κ1) is 18.6. The molecule has 1 N–H and O–H groups in total. The Balaban J connectivity index is 1.66. The molecular formula is C18H23N5O2S. The van der Waals surface area contributed by atoms with Crippen molar-refractivity contribution in [1.82, 2.24) is 19.4 Å². The Morgan fingerprint density at radius 2 is 1.96 bits per heavy atom. The molecule has 2 heterocycles. The molecule has 0 spiro atoms. The van der Waals surface area contributed by atoms with Gasteiger partial charge < -0.3 is 0 Å². The molecule has 1 aromatic heterocycles. The lowest BCUT2D eigenvalue weighted by Gasteiger charge is -2.37. The molecule has 3 rings (SSSR count). The standard InChI is InChI=1S/C18H23N5O2S/c1-2-23-14-17(12-20-23)26(24,25)21-18(15-19)8-10-22(11-9-18)13-16-6-4-3-5-7-16/h3-7,12,14,21H,2,8-11,13H2,1H3. The predicted octanol–water partition coefficient (Wildman–Crippen LogP) is 1.74. The van der Waals surface area contributed by atoms with Gasteiger partial charge in [-0.15, -0.1) is 0 Å². The summed E-state index contributed by atoms with van der Waals surface area (Å²) in [6, 6.07) is 12.3. The predicted molar refractivity (Wildman–Crippen MR) is 97.5 cm³/mol. The van der Waals surface area contributed by atoms with Crippen LogP contribution in [0.5, 0.6) is 0 Å². The maximum Gasteiger partial charge on any atom is 0.245 e. The normalized spacial score (nSPS) is 17.7. The highest BCUT2D eigenvalue weighted by Crippen LogP contribution is 2.25. The van der Waals surface area contributed by atoms with E-state index >= 15 is 0 Å². The number of nitriles is 1. The van der Waals surface area contributed by atoms with Crippen LogP contribution >= 0.6 is 0 Å². The maximum atomic E-state index is 12.6. The molecule has 0 bridgehead atoms. The number of nitrogens with zero attached hydrogens (tertiary/aromatic N) is 4. The van der Waals surface area contributed by atoms with E-state index in [1.165, 1.54) is 18.0 Å². The summed E-state index contributed by atoms with van der Waals surface area (Å²) in [6.07, 6.45) is 3.72. The average molecular weight is 373 g/mol. The summed E-state index contributed by atoms with van der Waals surface area (Å²) in [7, 11) is -3.77. The number of sulfonamides is 1. The second-order valence-electron chi connectivity index (χ2n) is 6.59. The average Bonchev–Trinajstić information content (AvgIpc) is 3.14. The van der Waals surface area contributed by atoms with Crippen molar-refractivity contribution in [3.8, 4) is 6.07 Å². The molecule has 7 nitrogen and oxygen atoms in total. The quantitative estimate of drug-likeness (QED) is 0.833. The van der Waals surface area contributed by atoms with Gasteiger partial charge in [-0.1, -0.05) is 30.3 Å². The molecule has 1 aliphatic heterocycles. The number of rotatable bonds is 6. The maximum absolute atomic E-state index is 12.6. The number of hydrogen-bond donors (Lipinski definition) is 1. The SMILES string of the molecule is CCn1cc(S(=O)(=O)NC2(C#N)CCN(Cc3ccccc3)CC2)cn1. The third kappa shape index (κ3) is 4.12. The first-order valence-corrected chi connectivity index (χ1v) is 10.2. The molecule has 0 unspecified atom stereocenters. The molecule has 8 heteroatoms. The first-order valence-electron chi connectivity index (χ1n) is 8.70. The minimum Gasteiger partial charge on any atom is -0.299 e. The van der Waals surface area contributed by atoms with Crippen LogP contribution in [-0.4, -0.2) is 41.7 Å². The van der Waals surface area contributed by atoms with Gasteiger partial charge in [0.2, 0.25) is 10.0 Å². The van der Waals surface area contributed by atoms with E-state index in [1.807, 2.05) is 25.1 Å². The van der Waals surface area contributed by atoms with Gasteiger partial charge in [-0.3, -0.25) is 9.58 Å². The molecule has 0 atom stereocenters. The van der Waals surface area contributed by atoms with Crippen LogP contribution in [0.25, 0.3) is 0 Å². The van der Waals surface area contributed by atoms with Crippen LogP contribution in [0.1, 0.15) is 25.3 Å². The highest BCUT2D eigenvalue weighted by molar-refractivity contribution is 7.89. The molecule has 0 radical (unpaired) electrons. The number of aryl methyl sites for hydroxylation is 1. The number of likely N-dealkylation sites (tertiary alicyclic amines) is 1. The van der Waals surface area contributed by atoms with E-state index in [1.54, 1.807) is 4.68 Å². The number of hydrogen-bond acceptors (Lipinski definition) is 5. The van der Waals surface area contributed by atoms with Crippen LogP contribution in [0.3, 0.4) is 0 Å². The van der Waals surface area contributed by atoms with Gasteiger partial charge in [0.25, 0.3) is 0 Å². The fourth-order valence-electron chi connectivity index (χ4n) is 3.14. The van der Waals surface area contributed by atoms with E-state index in [0.29, 0.717) is 32.5 Å². The van der Waals surface area contributed by atoms with Crippen LogP contribution in [-0.2, 0) is 23.1 Å². The second-order valence-corrected chi connectivity index (χ2v) is 8.28. The van der Waals surface area contributed by atoms with E-state index in [4.69, 9.17) is 0 Å². The molecular weight excluding hydrogens is 350 g/mol. The van der Waals surface area contributed by atoms with Gasteiger partial charge >= 0.3 is 0 Å². The lowest BCUT2D eigenvalue weighted by atomic mass is 9.90. The Morgan fingerprint density at radius 1 is 1.27 bits per heavy atom. The van der Waals surface area contributed by atoms with Crippen LogP contribution < -0.4 is 4.72 Å². The molecule has 0 aliphatic carbocycles. The number of piperidine rings is 1. The molecule has 0 amide bonds. The Labute approximate surface area is 154 Å². The Bertz CT molecular complexity index is 878. The summed E-state index contributed by atoms with van der Waals surface area (Å²) in [5.41, 5.74) is 0.143. The summed E-state index contributed by atoms with van der Waals surface area (Å²) >= 11 is 0. The van der Waals surface area contributed by atoms with E-state index in [2.05, 4.69) is 32.9 Å². The Hall–Kier alpha value is -2.21. The van der Waals surface area contributed by atoms with E-state index in [-0.39, 0.29) is 4.90 Å². The molecule has 1 aromatic carbocycles. The van der Waals surface area contributed by atoms with Gasteiger partial charge in [-0.25, -0.2) is 8.42 Å². The highest BCUT2D eigenvalue weighted by atomic mass is 32.2. The van der Waals surface area contributed by atoms with Crippen molar-refractivity contribution >= 4 is 10.0 Å². The summed E-state index contributed by atoms with van der Waals surface area (Å²) < 4.78 is 29.5. The zero-order chi connectivity index (χ0) is 18.6. The Kier molecular flexibility index (Phi) is 5.41. The van der Waals surface area contributed by atoms with Crippen LogP contribution in [0.4, 0.5) is 0 Å². The van der Waals surface area contributed by atoms with Crippen molar-refractivity contribution in [1.29, 1.82) is 5.26 Å². The van der Waals surface area contributed by atoms with Crippen LogP contribution in [0, 0.1) is 11.3 Å². The number of nitrogens with one attached hydrogen (secondary N) is 1. The zero-order valence-electron chi connectivity index (χ0n) is 14.8. The van der Waals surface area contributed by atoms with Crippen molar-refractivity contribution in [3.05, 3.63) is 48.3 Å². The van der Waals surface area contributed by atoms with Gasteiger partial charge in [0.15, 0.2) is 0 Å². The second kappa shape index (κ2) is 7.58. The molecule has 138 valence electrons. The lowest BCUT2D eigenvalue weighted by Crippen LogP contribution is -2.54. The molecule has 26 heavy (non-hydrogen) atoms. The van der Waals surface area contributed by atoms with Gasteiger partial charge in [0.1, 0.15) is 10.4 Å². The molecule has 1 fully saturated rings. The van der Waals surface area contributed by atoms with Crippen molar-refractivity contribution < 1.29 is 8.42 Å². The molecule has 2 aromatic rings. The minimum atomic E-state index is -3.77. The third-order valence-electron chi connectivity index (χ3n) is 4.75. The monoisotopic (exact) mass is 373 g/mol. The smallest absolute Gasteiger partial charge is 0.245 e. The highest BCUT2D eigenvalue weighted by Gasteiger charge is 2.39. The number of aromatic nitrogens is 2. The van der Waals surface area contributed by atoms with E-state index in [0.717, 1.165) is 6.54 Å². The minimum absolute atomic E-state index is 0.0979. The fourth-order valence-corrected chi connectivity index (χ4v) is 4.47. The van der Waals surface area contributed by atoms with Crippen molar-refractivity contribution in [2.24, 2.45) is 0 Å². The largest absolute Gasteiger partial charge is 0.299 e. The Morgan fingerprint density at radius 3 is 2.54 bits per heavy atom. The molecule has 1 aliphatic rings. The zero-order valence-corrected chi connectivity index (χ0v) is 15.6. The van der Waals surface area contributed by atoms with Gasteiger partial charge in [0, 0.05) is 32.4 Å².